The van der Waals surface area contributed by atoms with Crippen molar-refractivity contribution in [2.24, 2.45) is 17.8 Å². The Morgan fingerprint density at radius 2 is 1.57 bits per heavy atom. The molecule has 4 aliphatic rings. The molecule has 0 spiro atoms. The molecule has 0 saturated heterocycles. The molecule has 0 aromatic carbocycles. The van der Waals surface area contributed by atoms with E-state index in [4.69, 9.17) is 0 Å². The first-order valence-electron chi connectivity index (χ1n) is 10.3. The Morgan fingerprint density at radius 3 is 2.17 bits per heavy atom. The Labute approximate surface area is 178 Å². The van der Waals surface area contributed by atoms with Gasteiger partial charge in [0.05, 0.1) is 5.69 Å². The van der Waals surface area contributed by atoms with Crippen LogP contribution in [-0.2, 0) is 24.6 Å². The number of carbonyl (C=O) groups excluding carboxylic acids is 4. The second-order valence-electron chi connectivity index (χ2n) is 8.93. The molecule has 9 nitrogen and oxygen atoms in total. The zero-order chi connectivity index (χ0) is 21.3. The number of nitrogens with one attached hydrogen (secondary N) is 3. The third-order valence-corrected chi connectivity index (χ3v) is 7.31. The zero-order valence-corrected chi connectivity index (χ0v) is 17.4. The smallest absolute Gasteiger partial charge is 0.247 e. The van der Waals surface area contributed by atoms with Crippen LogP contribution in [0.5, 0.6) is 0 Å². The summed E-state index contributed by atoms with van der Waals surface area (Å²) in [4.78, 5) is 50.3. The van der Waals surface area contributed by atoms with Gasteiger partial charge in [-0.1, -0.05) is 0 Å². The molecule has 0 unspecified atom stereocenters. The van der Waals surface area contributed by atoms with Crippen molar-refractivity contribution in [2.45, 2.75) is 63.2 Å². The van der Waals surface area contributed by atoms with Crippen LogP contribution in [-0.4, -0.2) is 28.7 Å². The predicted molar refractivity (Wildman–Crippen MR) is 106 cm³/mol. The van der Waals surface area contributed by atoms with Crippen LogP contribution < -0.4 is 21.3 Å². The summed E-state index contributed by atoms with van der Waals surface area (Å²) < 4.78 is 0. The molecular formula is C20H25N4O5S-. The molecule has 162 valence electrons. The van der Waals surface area contributed by atoms with Crippen molar-refractivity contribution in [2.75, 3.05) is 5.32 Å². The molecule has 5 rings (SSSR count). The van der Waals surface area contributed by atoms with Crippen molar-refractivity contribution in [1.29, 1.82) is 0 Å². The summed E-state index contributed by atoms with van der Waals surface area (Å²) in [6, 6.07) is 0. The fraction of sp³-hybridized carbons (Fsp3) is 0.650. The molecule has 4 aliphatic carbocycles. The first kappa shape index (κ1) is 20.8. The predicted octanol–water partition coefficient (Wildman–Crippen LogP) is 0.617. The van der Waals surface area contributed by atoms with Crippen molar-refractivity contribution >= 4 is 40.2 Å². The van der Waals surface area contributed by atoms with Crippen molar-refractivity contribution in [3.05, 3.63) is 11.1 Å². The monoisotopic (exact) mass is 433 g/mol. The Morgan fingerprint density at radius 1 is 0.967 bits per heavy atom. The van der Waals surface area contributed by atoms with E-state index in [1.165, 1.54) is 49.9 Å². The van der Waals surface area contributed by atoms with E-state index in [1.54, 1.807) is 0 Å². The number of hydrazine groups is 1. The molecule has 0 atom stereocenters. The van der Waals surface area contributed by atoms with Crippen LogP contribution in [0, 0.1) is 17.8 Å². The number of aromatic nitrogens is 1. The van der Waals surface area contributed by atoms with Crippen LogP contribution in [0.1, 0.15) is 63.5 Å². The number of amides is 3. The Bertz CT molecular complexity index is 832. The molecule has 0 aliphatic heterocycles. The van der Waals surface area contributed by atoms with E-state index in [9.17, 15) is 24.3 Å². The molecule has 10 heteroatoms. The summed E-state index contributed by atoms with van der Waals surface area (Å²) in [7, 11) is 0. The number of anilines is 1. The van der Waals surface area contributed by atoms with E-state index in [-0.39, 0.29) is 11.8 Å². The Hall–Kier alpha value is -2.49. The standard InChI is InChI=1S/C20H26N4O5S/c25-15(1-2-18(28)29)23-24-17(27)6-16(26)22-19-21-14(10-30-19)20-7-11-3-12(8-20)5-13(4-11)9-20/h10-13H,1-9H2,(H,23,25)(H,24,27)(H,28,29)(H,21,22,26)/p-1. The van der Waals surface area contributed by atoms with E-state index in [1.807, 2.05) is 5.38 Å². The second-order valence-corrected chi connectivity index (χ2v) is 9.79. The normalized spacial score (nSPS) is 28.7. The highest BCUT2D eigenvalue weighted by atomic mass is 32.1. The van der Waals surface area contributed by atoms with E-state index in [0.29, 0.717) is 5.13 Å². The second kappa shape index (κ2) is 8.33. The van der Waals surface area contributed by atoms with E-state index < -0.39 is 36.5 Å². The van der Waals surface area contributed by atoms with Gasteiger partial charge in [-0.25, -0.2) is 4.98 Å². The van der Waals surface area contributed by atoms with Crippen molar-refractivity contribution in [3.63, 3.8) is 0 Å². The average Bonchev–Trinajstić information content (AvgIpc) is 3.12. The van der Waals surface area contributed by atoms with Crippen LogP contribution in [0.15, 0.2) is 5.38 Å². The summed E-state index contributed by atoms with van der Waals surface area (Å²) in [6.45, 7) is 0. The molecule has 4 fully saturated rings. The van der Waals surface area contributed by atoms with Crippen molar-refractivity contribution in [3.8, 4) is 0 Å². The maximum Gasteiger partial charge on any atom is 0.247 e. The molecule has 4 saturated carbocycles. The van der Waals surface area contributed by atoms with Gasteiger partial charge in [-0.3, -0.25) is 25.2 Å². The van der Waals surface area contributed by atoms with E-state index in [2.05, 4.69) is 21.2 Å². The number of hydrogen-bond donors (Lipinski definition) is 3. The van der Waals surface area contributed by atoms with E-state index >= 15 is 0 Å². The number of thiazole rings is 1. The highest BCUT2D eigenvalue weighted by Gasteiger charge is 2.52. The quantitative estimate of drug-likeness (QED) is 0.425. The largest absolute Gasteiger partial charge is 0.550 e. The Kier molecular flexibility index (Phi) is 5.77. The molecule has 3 amide bonds. The lowest BCUT2D eigenvalue weighted by Crippen LogP contribution is -2.48. The van der Waals surface area contributed by atoms with Gasteiger partial charge in [0.2, 0.25) is 17.7 Å². The number of carboxylic acid groups (broad SMARTS) is 1. The highest BCUT2D eigenvalue weighted by Crippen LogP contribution is 2.60. The third-order valence-electron chi connectivity index (χ3n) is 6.55. The summed E-state index contributed by atoms with van der Waals surface area (Å²) in [6.07, 6.45) is 6.39. The van der Waals surface area contributed by atoms with Gasteiger partial charge in [0.15, 0.2) is 5.13 Å². The minimum atomic E-state index is -1.35. The fourth-order valence-corrected chi connectivity index (χ4v) is 6.62. The number of hydrogen-bond acceptors (Lipinski definition) is 7. The van der Waals surface area contributed by atoms with Crippen LogP contribution in [0.4, 0.5) is 5.13 Å². The lowest BCUT2D eigenvalue weighted by Gasteiger charge is -2.56. The number of rotatable bonds is 7. The number of carbonyl (C=O) groups is 4. The van der Waals surface area contributed by atoms with Crippen LogP contribution in [0.3, 0.4) is 0 Å². The third kappa shape index (κ3) is 4.63. The fourth-order valence-electron chi connectivity index (χ4n) is 5.77. The zero-order valence-electron chi connectivity index (χ0n) is 16.6. The topological polar surface area (TPSA) is 140 Å². The summed E-state index contributed by atoms with van der Waals surface area (Å²) in [5, 5.41) is 15.5. The molecule has 1 heterocycles. The summed E-state index contributed by atoms with van der Waals surface area (Å²) >= 11 is 1.38. The van der Waals surface area contributed by atoms with Gasteiger partial charge in [0.25, 0.3) is 0 Å². The lowest BCUT2D eigenvalue weighted by atomic mass is 9.49. The molecular weight excluding hydrogens is 408 g/mol. The Balaban J connectivity index is 1.26. The SMILES string of the molecule is O=C([O-])CCC(=O)NNC(=O)CC(=O)Nc1nc(C23CC4CC(CC(C4)C2)C3)cs1. The first-order chi connectivity index (χ1) is 14.3. The van der Waals surface area contributed by atoms with Crippen LogP contribution in [0.25, 0.3) is 0 Å². The average molecular weight is 434 g/mol. The van der Waals surface area contributed by atoms with Gasteiger partial charge in [-0.15, -0.1) is 11.3 Å². The molecule has 30 heavy (non-hydrogen) atoms. The lowest BCUT2D eigenvalue weighted by molar-refractivity contribution is -0.305. The number of aliphatic carboxylic acids is 1. The molecule has 0 radical (unpaired) electrons. The maximum atomic E-state index is 12.1. The van der Waals surface area contributed by atoms with Gasteiger partial charge < -0.3 is 15.2 Å². The number of carboxylic acids is 1. The van der Waals surface area contributed by atoms with Gasteiger partial charge in [-0.2, -0.15) is 0 Å². The van der Waals surface area contributed by atoms with Crippen molar-refractivity contribution < 1.29 is 24.3 Å². The number of nitrogens with zero attached hydrogens (tertiary/aromatic N) is 1. The summed E-state index contributed by atoms with van der Waals surface area (Å²) in [5.41, 5.74) is 5.38. The molecule has 4 bridgehead atoms. The minimum Gasteiger partial charge on any atom is -0.550 e. The van der Waals surface area contributed by atoms with Crippen LogP contribution in [0.2, 0.25) is 0 Å². The van der Waals surface area contributed by atoms with Gasteiger partial charge in [-0.05, 0) is 62.7 Å². The maximum absolute atomic E-state index is 12.1. The minimum absolute atomic E-state index is 0.154. The van der Waals surface area contributed by atoms with Crippen LogP contribution >= 0.6 is 11.3 Å². The van der Waals surface area contributed by atoms with Gasteiger partial charge >= 0.3 is 0 Å². The molecule has 3 N–H and O–H groups in total. The van der Waals surface area contributed by atoms with Crippen molar-refractivity contribution in [1.82, 2.24) is 15.8 Å². The highest BCUT2D eigenvalue weighted by molar-refractivity contribution is 7.14. The van der Waals surface area contributed by atoms with Gasteiger partial charge in [0.1, 0.15) is 6.42 Å². The first-order valence-corrected chi connectivity index (χ1v) is 11.2. The van der Waals surface area contributed by atoms with E-state index in [0.717, 1.165) is 23.4 Å². The summed E-state index contributed by atoms with van der Waals surface area (Å²) in [5.74, 6) is -0.833. The molecule has 1 aromatic heterocycles. The molecule has 1 aromatic rings. The van der Waals surface area contributed by atoms with Gasteiger partial charge in [0, 0.05) is 23.2 Å².